The molecule has 0 N–H and O–H groups in total. The van der Waals surface area contributed by atoms with Gasteiger partial charge >= 0.3 is 11.9 Å². The van der Waals surface area contributed by atoms with Gasteiger partial charge in [-0.1, -0.05) is 199 Å². The molecule has 0 aromatic heterocycles. The normalized spacial score (nSPS) is 13.3. The van der Waals surface area contributed by atoms with Crippen LogP contribution in [0.15, 0.2) is 134 Å². The van der Waals surface area contributed by atoms with E-state index in [9.17, 15) is 9.59 Å². The Hall–Kier alpha value is -3.96. The highest BCUT2D eigenvalue weighted by Crippen LogP contribution is 2.12. The van der Waals surface area contributed by atoms with Crippen LogP contribution in [0.1, 0.15) is 213 Å². The lowest BCUT2D eigenvalue weighted by Gasteiger charge is -2.18. The van der Waals surface area contributed by atoms with Gasteiger partial charge in [-0.05, 0) is 135 Å². The van der Waals surface area contributed by atoms with Crippen molar-refractivity contribution in [2.75, 3.05) is 19.8 Å². The second kappa shape index (κ2) is 55.4. The van der Waals surface area contributed by atoms with Crippen LogP contribution in [0.25, 0.3) is 0 Å². The van der Waals surface area contributed by atoms with E-state index in [0.29, 0.717) is 19.4 Å². The summed E-state index contributed by atoms with van der Waals surface area (Å²) in [7, 11) is 0. The molecule has 5 nitrogen and oxygen atoms in total. The summed E-state index contributed by atoms with van der Waals surface area (Å²) in [5.41, 5.74) is 0. The predicted molar refractivity (Wildman–Crippen MR) is 288 cm³/mol. The molecule has 0 aliphatic heterocycles. The van der Waals surface area contributed by atoms with Crippen molar-refractivity contribution in [3.63, 3.8) is 0 Å². The van der Waals surface area contributed by atoms with Crippen LogP contribution in [-0.4, -0.2) is 37.9 Å². The first kappa shape index (κ1) is 62.0. The molecular formula is C61H98O5. The van der Waals surface area contributed by atoms with Crippen molar-refractivity contribution in [1.82, 2.24) is 0 Å². The SMILES string of the molecule is CC/C=C\C/C=C\C/C=C\C/C=C\C/C=C\CCCCOCC(COC(=O)CCCCCCCCC/C=C\C/C=C\CCCCC)OC(=O)CCCC/C=C\C/C=C\C/C=C\C/C=C\CC. The van der Waals surface area contributed by atoms with Crippen molar-refractivity contribution < 1.29 is 23.8 Å². The lowest BCUT2D eigenvalue weighted by molar-refractivity contribution is -0.163. The molecule has 5 heteroatoms. The molecular weight excluding hydrogens is 813 g/mol. The quantitative estimate of drug-likeness (QED) is 0.0346. The van der Waals surface area contributed by atoms with Crippen LogP contribution in [0.4, 0.5) is 0 Å². The Kier molecular flexibility index (Phi) is 52.0. The smallest absolute Gasteiger partial charge is 0.306 e. The molecule has 0 saturated heterocycles. The van der Waals surface area contributed by atoms with Crippen molar-refractivity contribution in [3.05, 3.63) is 134 Å². The van der Waals surface area contributed by atoms with Gasteiger partial charge in [0, 0.05) is 19.4 Å². The third-order valence-electron chi connectivity index (χ3n) is 10.7. The molecule has 0 aliphatic rings. The fraction of sp³-hybridized carbons (Fsp3) is 0.607. The van der Waals surface area contributed by atoms with Crippen molar-refractivity contribution in [2.45, 2.75) is 219 Å². The molecule has 0 saturated carbocycles. The topological polar surface area (TPSA) is 61.8 Å². The zero-order chi connectivity index (χ0) is 47.7. The van der Waals surface area contributed by atoms with Gasteiger partial charge in [0.05, 0.1) is 6.61 Å². The average molecular weight is 911 g/mol. The van der Waals surface area contributed by atoms with Gasteiger partial charge in [0.15, 0.2) is 6.10 Å². The van der Waals surface area contributed by atoms with E-state index in [2.05, 4.69) is 154 Å². The number of ether oxygens (including phenoxy) is 3. The van der Waals surface area contributed by atoms with E-state index < -0.39 is 6.10 Å². The standard InChI is InChI=1S/C61H98O5/c1-4-7-10-13-16-19-22-25-28-30-32-35-38-41-44-47-50-53-56-64-57-59(66-61(63)55-52-49-46-43-40-37-33-27-24-21-18-15-12-9-6-3)58-65-60(62)54-51-48-45-42-39-36-34-31-29-26-23-20-17-14-11-8-5-2/h7,9-10,12,16-21,25-29,32-33,35,40-41,43-44,59H,4-6,8,11,13-15,22-24,30-31,34,36-39,42,45-58H2,1-3H3/b10-7-,12-9-,19-16-,20-17-,21-18-,28-25-,29-26-,33-27-,35-32-,43-40-,44-41-. The lowest BCUT2D eigenvalue weighted by atomic mass is 10.1. The lowest BCUT2D eigenvalue weighted by Crippen LogP contribution is -2.30. The second-order valence-electron chi connectivity index (χ2n) is 17.0. The summed E-state index contributed by atoms with van der Waals surface area (Å²) in [6.07, 6.45) is 79.0. The van der Waals surface area contributed by atoms with E-state index >= 15 is 0 Å². The van der Waals surface area contributed by atoms with Crippen LogP contribution in [0.5, 0.6) is 0 Å². The Morgan fingerprint density at radius 2 is 0.682 bits per heavy atom. The molecule has 0 heterocycles. The third kappa shape index (κ3) is 52.7. The highest BCUT2D eigenvalue weighted by Gasteiger charge is 2.17. The van der Waals surface area contributed by atoms with Crippen LogP contribution < -0.4 is 0 Å². The molecule has 0 aromatic carbocycles. The number of carbonyl (C=O) groups is 2. The first-order chi connectivity index (χ1) is 32.6. The molecule has 1 atom stereocenters. The maximum Gasteiger partial charge on any atom is 0.306 e. The zero-order valence-corrected chi connectivity index (χ0v) is 42.7. The molecule has 0 aliphatic carbocycles. The first-order valence-corrected chi connectivity index (χ1v) is 26.7. The van der Waals surface area contributed by atoms with Gasteiger partial charge in [-0.3, -0.25) is 9.59 Å². The minimum absolute atomic E-state index is 0.0380. The fourth-order valence-electron chi connectivity index (χ4n) is 6.73. The first-order valence-electron chi connectivity index (χ1n) is 26.7. The number of rotatable bonds is 47. The number of unbranched alkanes of at least 4 members (excludes halogenated alkanes) is 14. The number of allylic oxidation sites excluding steroid dienone is 22. The van der Waals surface area contributed by atoms with E-state index in [1.165, 1.54) is 51.4 Å². The van der Waals surface area contributed by atoms with E-state index in [4.69, 9.17) is 14.2 Å². The summed E-state index contributed by atoms with van der Waals surface area (Å²) >= 11 is 0. The van der Waals surface area contributed by atoms with Gasteiger partial charge in [0.2, 0.25) is 0 Å². The van der Waals surface area contributed by atoms with E-state index in [1.54, 1.807) is 0 Å². The summed E-state index contributed by atoms with van der Waals surface area (Å²) < 4.78 is 17.3. The summed E-state index contributed by atoms with van der Waals surface area (Å²) in [4.78, 5) is 25.4. The maximum atomic E-state index is 12.8. The average Bonchev–Trinajstić information content (AvgIpc) is 3.32. The van der Waals surface area contributed by atoms with Gasteiger partial charge in [-0.25, -0.2) is 0 Å². The molecule has 0 bridgehead atoms. The molecule has 66 heavy (non-hydrogen) atoms. The zero-order valence-electron chi connectivity index (χ0n) is 42.7. The molecule has 0 amide bonds. The van der Waals surface area contributed by atoms with Gasteiger partial charge in [0.1, 0.15) is 6.61 Å². The molecule has 1 unspecified atom stereocenters. The fourth-order valence-corrected chi connectivity index (χ4v) is 6.73. The third-order valence-corrected chi connectivity index (χ3v) is 10.7. The molecule has 0 aromatic rings. The molecule has 0 spiro atoms. The maximum absolute atomic E-state index is 12.8. The molecule has 372 valence electrons. The number of esters is 2. The Morgan fingerprint density at radius 3 is 1.12 bits per heavy atom. The van der Waals surface area contributed by atoms with Gasteiger partial charge in [-0.15, -0.1) is 0 Å². The van der Waals surface area contributed by atoms with Crippen LogP contribution in [0.2, 0.25) is 0 Å². The van der Waals surface area contributed by atoms with E-state index in [-0.39, 0.29) is 25.2 Å². The number of hydrogen-bond acceptors (Lipinski definition) is 5. The van der Waals surface area contributed by atoms with Crippen LogP contribution in [0, 0.1) is 0 Å². The molecule has 0 fully saturated rings. The Bertz CT molecular complexity index is 1400. The minimum atomic E-state index is -0.594. The second-order valence-corrected chi connectivity index (χ2v) is 17.0. The summed E-state index contributed by atoms with van der Waals surface area (Å²) in [6, 6.07) is 0. The summed E-state index contributed by atoms with van der Waals surface area (Å²) in [5.74, 6) is -0.488. The van der Waals surface area contributed by atoms with E-state index in [1.807, 2.05) is 0 Å². The Morgan fingerprint density at radius 1 is 0.348 bits per heavy atom. The largest absolute Gasteiger partial charge is 0.462 e. The minimum Gasteiger partial charge on any atom is -0.462 e. The van der Waals surface area contributed by atoms with Gasteiger partial charge in [-0.2, -0.15) is 0 Å². The summed E-state index contributed by atoms with van der Waals surface area (Å²) in [5, 5.41) is 0. The van der Waals surface area contributed by atoms with Crippen LogP contribution in [-0.2, 0) is 23.8 Å². The van der Waals surface area contributed by atoms with Gasteiger partial charge < -0.3 is 14.2 Å². The van der Waals surface area contributed by atoms with Crippen LogP contribution in [0.3, 0.4) is 0 Å². The Balaban J connectivity index is 4.46. The highest BCUT2D eigenvalue weighted by atomic mass is 16.6. The van der Waals surface area contributed by atoms with Crippen molar-refractivity contribution in [2.24, 2.45) is 0 Å². The molecule has 0 radical (unpaired) electrons. The number of carbonyl (C=O) groups excluding carboxylic acids is 2. The van der Waals surface area contributed by atoms with Crippen molar-refractivity contribution in [3.8, 4) is 0 Å². The highest BCUT2D eigenvalue weighted by molar-refractivity contribution is 5.70. The van der Waals surface area contributed by atoms with Gasteiger partial charge in [0.25, 0.3) is 0 Å². The summed E-state index contributed by atoms with van der Waals surface area (Å²) in [6.45, 7) is 7.40. The molecule has 0 rings (SSSR count). The predicted octanol–water partition coefficient (Wildman–Crippen LogP) is 18.3. The van der Waals surface area contributed by atoms with E-state index in [0.717, 1.165) is 128 Å². The monoisotopic (exact) mass is 911 g/mol. The number of hydrogen-bond donors (Lipinski definition) is 0. The van der Waals surface area contributed by atoms with Crippen LogP contribution >= 0.6 is 0 Å². The Labute approximate surface area is 407 Å². The van der Waals surface area contributed by atoms with Crippen molar-refractivity contribution in [1.29, 1.82) is 0 Å². The van der Waals surface area contributed by atoms with Crippen molar-refractivity contribution >= 4 is 11.9 Å².